The van der Waals surface area contributed by atoms with Crippen molar-refractivity contribution in [1.82, 2.24) is 4.72 Å². The van der Waals surface area contributed by atoms with Gasteiger partial charge in [-0.05, 0) is 19.1 Å². The van der Waals surface area contributed by atoms with Crippen LogP contribution in [0.1, 0.15) is 13.3 Å². The molecule has 0 aliphatic heterocycles. The number of halogens is 3. The lowest BCUT2D eigenvalue weighted by atomic mass is 10.4. The first kappa shape index (κ1) is 17.8. The summed E-state index contributed by atoms with van der Waals surface area (Å²) in [7, 11) is -4.75. The van der Waals surface area contributed by atoms with Crippen LogP contribution in [0.25, 0.3) is 0 Å². The molecule has 1 N–H and O–H groups in total. The summed E-state index contributed by atoms with van der Waals surface area (Å²) >= 11 is 1.31. The Hall–Kier alpha value is -1.22. The SMILES string of the molecule is CC(C(F)(F)F)S(=O)(=O)NC(=O)CCSc1ccccc1. The Morgan fingerprint density at radius 1 is 1.29 bits per heavy atom. The Balaban J connectivity index is 2.47. The molecule has 1 aromatic rings. The molecule has 1 unspecified atom stereocenters. The predicted octanol–water partition coefficient (Wildman–Crippen LogP) is 2.57. The maximum absolute atomic E-state index is 12.3. The van der Waals surface area contributed by atoms with Crippen molar-refractivity contribution in [3.05, 3.63) is 30.3 Å². The molecule has 0 fully saturated rings. The largest absolute Gasteiger partial charge is 0.407 e. The van der Waals surface area contributed by atoms with Crippen molar-refractivity contribution in [3.8, 4) is 0 Å². The zero-order valence-electron chi connectivity index (χ0n) is 11.1. The molecule has 4 nitrogen and oxygen atoms in total. The number of carbonyl (C=O) groups excluding carboxylic acids is 1. The Bertz CT molecular complexity index is 573. The van der Waals surface area contributed by atoms with E-state index >= 15 is 0 Å². The van der Waals surface area contributed by atoms with E-state index in [-0.39, 0.29) is 12.2 Å². The fourth-order valence-electron chi connectivity index (χ4n) is 1.25. The van der Waals surface area contributed by atoms with Crippen molar-refractivity contribution in [2.75, 3.05) is 5.75 Å². The van der Waals surface area contributed by atoms with Crippen molar-refractivity contribution < 1.29 is 26.4 Å². The Morgan fingerprint density at radius 2 is 1.86 bits per heavy atom. The molecule has 0 aromatic heterocycles. The predicted molar refractivity (Wildman–Crippen MR) is 74.4 cm³/mol. The number of thioether (sulfide) groups is 1. The van der Waals surface area contributed by atoms with Gasteiger partial charge in [-0.3, -0.25) is 9.52 Å². The molecule has 0 aliphatic rings. The molecule has 1 amide bonds. The molecule has 0 saturated heterocycles. The summed E-state index contributed by atoms with van der Waals surface area (Å²) in [6.45, 7) is 0.494. The van der Waals surface area contributed by atoms with E-state index in [2.05, 4.69) is 0 Å². The van der Waals surface area contributed by atoms with Crippen molar-refractivity contribution >= 4 is 27.7 Å². The van der Waals surface area contributed by atoms with Crippen LogP contribution < -0.4 is 4.72 Å². The van der Waals surface area contributed by atoms with Gasteiger partial charge in [0.2, 0.25) is 15.9 Å². The minimum atomic E-state index is -4.91. The minimum absolute atomic E-state index is 0.191. The third-order valence-corrected chi connectivity index (χ3v) is 5.25. The molecular weight excluding hydrogens is 327 g/mol. The maximum Gasteiger partial charge on any atom is 0.407 e. The van der Waals surface area contributed by atoms with Gasteiger partial charge in [-0.2, -0.15) is 13.2 Å². The fourth-order valence-corrected chi connectivity index (χ4v) is 3.07. The quantitative estimate of drug-likeness (QED) is 0.808. The molecule has 1 atom stereocenters. The maximum atomic E-state index is 12.3. The smallest absolute Gasteiger partial charge is 0.274 e. The van der Waals surface area contributed by atoms with Gasteiger partial charge in [0.1, 0.15) is 0 Å². The Kier molecular flexibility index (Phi) is 6.09. The first-order valence-electron chi connectivity index (χ1n) is 5.92. The van der Waals surface area contributed by atoms with Crippen molar-refractivity contribution in [2.45, 2.75) is 29.7 Å². The number of nitrogens with one attached hydrogen (secondary N) is 1. The molecule has 0 radical (unpaired) electrons. The molecule has 21 heavy (non-hydrogen) atoms. The molecule has 1 rings (SSSR count). The number of sulfonamides is 1. The summed E-state index contributed by atoms with van der Waals surface area (Å²) in [4.78, 5) is 12.3. The van der Waals surface area contributed by atoms with E-state index in [9.17, 15) is 26.4 Å². The van der Waals surface area contributed by atoms with E-state index in [4.69, 9.17) is 0 Å². The van der Waals surface area contributed by atoms with Crippen molar-refractivity contribution in [3.63, 3.8) is 0 Å². The minimum Gasteiger partial charge on any atom is -0.274 e. The van der Waals surface area contributed by atoms with Gasteiger partial charge in [0.15, 0.2) is 5.25 Å². The van der Waals surface area contributed by atoms with E-state index in [0.29, 0.717) is 6.92 Å². The highest BCUT2D eigenvalue weighted by Crippen LogP contribution is 2.25. The van der Waals surface area contributed by atoms with Crippen LogP contribution in [0.5, 0.6) is 0 Å². The van der Waals surface area contributed by atoms with E-state index in [1.54, 1.807) is 12.1 Å². The van der Waals surface area contributed by atoms with E-state index in [1.165, 1.54) is 16.5 Å². The first-order chi connectivity index (χ1) is 9.63. The van der Waals surface area contributed by atoms with Crippen LogP contribution in [0.4, 0.5) is 13.2 Å². The van der Waals surface area contributed by atoms with Crippen LogP contribution in [0.15, 0.2) is 35.2 Å². The van der Waals surface area contributed by atoms with Gasteiger partial charge in [-0.15, -0.1) is 11.8 Å². The normalized spacial score (nSPS) is 13.7. The van der Waals surface area contributed by atoms with Crippen LogP contribution in [-0.2, 0) is 14.8 Å². The summed E-state index contributed by atoms with van der Waals surface area (Å²) in [5.74, 6) is -0.680. The van der Waals surface area contributed by atoms with E-state index in [1.807, 2.05) is 18.2 Å². The number of rotatable bonds is 6. The molecular formula is C12H14F3NO3S2. The molecule has 0 heterocycles. The van der Waals surface area contributed by atoms with Crippen LogP contribution in [0, 0.1) is 0 Å². The highest BCUT2D eigenvalue weighted by Gasteiger charge is 2.45. The average Bonchev–Trinajstić information content (AvgIpc) is 2.37. The fraction of sp³-hybridized carbons (Fsp3) is 0.417. The van der Waals surface area contributed by atoms with Crippen LogP contribution in [-0.4, -0.2) is 31.5 Å². The highest BCUT2D eigenvalue weighted by atomic mass is 32.2. The van der Waals surface area contributed by atoms with E-state index < -0.39 is 27.4 Å². The molecule has 1 aromatic carbocycles. The topological polar surface area (TPSA) is 63.2 Å². The number of hydrogen-bond donors (Lipinski definition) is 1. The summed E-state index contributed by atoms with van der Waals surface area (Å²) in [6, 6.07) is 9.05. The number of amides is 1. The molecule has 0 aliphatic carbocycles. The summed E-state index contributed by atoms with van der Waals surface area (Å²) in [6.07, 6.45) is -5.10. The van der Waals surface area contributed by atoms with Crippen molar-refractivity contribution in [1.29, 1.82) is 0 Å². The number of carbonyl (C=O) groups is 1. The highest BCUT2D eigenvalue weighted by molar-refractivity contribution is 7.99. The van der Waals surface area contributed by atoms with Crippen LogP contribution >= 0.6 is 11.8 Å². The van der Waals surface area contributed by atoms with Gasteiger partial charge < -0.3 is 0 Å². The van der Waals surface area contributed by atoms with Gasteiger partial charge in [0, 0.05) is 17.1 Å². The van der Waals surface area contributed by atoms with Gasteiger partial charge in [-0.1, -0.05) is 18.2 Å². The molecule has 9 heteroatoms. The second kappa shape index (κ2) is 7.17. The molecule has 0 spiro atoms. The summed E-state index contributed by atoms with van der Waals surface area (Å²) < 4.78 is 61.2. The van der Waals surface area contributed by atoms with Crippen LogP contribution in [0.2, 0.25) is 0 Å². The van der Waals surface area contributed by atoms with Gasteiger partial charge >= 0.3 is 6.18 Å². The van der Waals surface area contributed by atoms with Crippen LogP contribution in [0.3, 0.4) is 0 Å². The third-order valence-electron chi connectivity index (χ3n) is 2.52. The summed E-state index contributed by atoms with van der Waals surface area (Å²) in [5.41, 5.74) is 0. The molecule has 0 bridgehead atoms. The zero-order valence-corrected chi connectivity index (χ0v) is 12.7. The third kappa shape index (κ3) is 5.96. The van der Waals surface area contributed by atoms with Gasteiger partial charge in [-0.25, -0.2) is 8.42 Å². The second-order valence-electron chi connectivity index (χ2n) is 4.17. The molecule has 118 valence electrons. The number of alkyl halides is 3. The molecule has 0 saturated carbocycles. The average molecular weight is 341 g/mol. The van der Waals surface area contributed by atoms with E-state index in [0.717, 1.165) is 4.90 Å². The number of benzene rings is 1. The second-order valence-corrected chi connectivity index (χ2v) is 7.34. The lowest BCUT2D eigenvalue weighted by molar-refractivity contribution is -0.127. The standard InChI is InChI=1S/C12H14F3NO3S2/c1-9(12(13,14)15)21(18,19)16-11(17)7-8-20-10-5-3-2-4-6-10/h2-6,9H,7-8H2,1H3,(H,16,17). The lowest BCUT2D eigenvalue weighted by Crippen LogP contribution is -2.44. The van der Waals surface area contributed by atoms with Gasteiger partial charge in [0.05, 0.1) is 0 Å². The zero-order chi connectivity index (χ0) is 16.1. The first-order valence-corrected chi connectivity index (χ1v) is 8.45. The van der Waals surface area contributed by atoms with Crippen molar-refractivity contribution in [2.24, 2.45) is 0 Å². The Morgan fingerprint density at radius 3 is 2.38 bits per heavy atom. The number of hydrogen-bond acceptors (Lipinski definition) is 4. The lowest BCUT2D eigenvalue weighted by Gasteiger charge is -2.16. The van der Waals surface area contributed by atoms with Gasteiger partial charge in [0.25, 0.3) is 0 Å². The monoisotopic (exact) mass is 341 g/mol. The Labute approximate surface area is 125 Å². The summed E-state index contributed by atoms with van der Waals surface area (Å²) in [5, 5.41) is -2.63.